The molecule has 3 rings (SSSR count). The fraction of sp³-hybridized carbons (Fsp3) is 0.118. The lowest BCUT2D eigenvalue weighted by atomic mass is 9.87. The predicted octanol–water partition coefficient (Wildman–Crippen LogP) is 4.52. The standard InChI is InChI=1S/C17H16N/c1-2-14(13-7-4-3-5-8-13)15-9-6-10-17-16(15)11-12-18-17/h3-12,14,18H,1-2H2. The lowest BCUT2D eigenvalue weighted by Gasteiger charge is -2.17. The Morgan fingerprint density at radius 1 is 0.944 bits per heavy atom. The number of hydrogen-bond acceptors (Lipinski definition) is 0. The third-order valence-corrected chi connectivity index (χ3v) is 3.49. The number of H-pyrrole nitrogens is 1. The van der Waals surface area contributed by atoms with Gasteiger partial charge in [-0.3, -0.25) is 0 Å². The minimum atomic E-state index is 0.366. The quantitative estimate of drug-likeness (QED) is 0.685. The normalized spacial score (nSPS) is 12.7. The molecule has 0 aliphatic heterocycles. The van der Waals surface area contributed by atoms with E-state index in [1.54, 1.807) is 0 Å². The van der Waals surface area contributed by atoms with Crippen molar-refractivity contribution in [2.45, 2.75) is 12.3 Å². The van der Waals surface area contributed by atoms with Gasteiger partial charge in [-0.2, -0.15) is 0 Å². The fourth-order valence-corrected chi connectivity index (χ4v) is 2.60. The Morgan fingerprint density at radius 2 is 1.78 bits per heavy atom. The van der Waals surface area contributed by atoms with Crippen molar-refractivity contribution in [3.63, 3.8) is 0 Å². The topological polar surface area (TPSA) is 15.8 Å². The summed E-state index contributed by atoms with van der Waals surface area (Å²) in [6.45, 7) is 4.12. The first-order valence-electron chi connectivity index (χ1n) is 6.30. The summed E-state index contributed by atoms with van der Waals surface area (Å²) in [5, 5.41) is 1.30. The molecule has 0 saturated heterocycles. The monoisotopic (exact) mass is 234 g/mol. The summed E-state index contributed by atoms with van der Waals surface area (Å²) < 4.78 is 0. The Balaban J connectivity index is 2.15. The van der Waals surface area contributed by atoms with E-state index in [9.17, 15) is 0 Å². The van der Waals surface area contributed by atoms with Gasteiger partial charge < -0.3 is 4.98 Å². The van der Waals surface area contributed by atoms with E-state index in [4.69, 9.17) is 0 Å². The average Bonchev–Trinajstić information content (AvgIpc) is 2.90. The molecule has 89 valence electrons. The highest BCUT2D eigenvalue weighted by molar-refractivity contribution is 5.83. The molecule has 0 saturated carbocycles. The van der Waals surface area contributed by atoms with Crippen LogP contribution < -0.4 is 0 Å². The molecule has 0 fully saturated rings. The molecule has 0 amide bonds. The maximum atomic E-state index is 4.12. The number of aromatic amines is 1. The van der Waals surface area contributed by atoms with Gasteiger partial charge in [0.25, 0.3) is 0 Å². The van der Waals surface area contributed by atoms with Gasteiger partial charge in [-0.15, -0.1) is 0 Å². The molecule has 3 aromatic rings. The van der Waals surface area contributed by atoms with Crippen molar-refractivity contribution in [3.8, 4) is 0 Å². The van der Waals surface area contributed by atoms with Gasteiger partial charge in [0.1, 0.15) is 0 Å². The zero-order chi connectivity index (χ0) is 12.4. The van der Waals surface area contributed by atoms with Crippen LogP contribution in [0, 0.1) is 6.92 Å². The number of nitrogens with one attached hydrogen (secondary N) is 1. The Bertz CT molecular complexity index is 637. The van der Waals surface area contributed by atoms with E-state index in [2.05, 4.69) is 66.5 Å². The summed E-state index contributed by atoms with van der Waals surface area (Å²) in [7, 11) is 0. The van der Waals surface area contributed by atoms with Gasteiger partial charge in [0.2, 0.25) is 0 Å². The Labute approximate surface area is 107 Å². The Hall–Kier alpha value is -2.02. The molecule has 1 atom stereocenters. The van der Waals surface area contributed by atoms with Crippen LogP contribution in [0.4, 0.5) is 0 Å². The zero-order valence-electron chi connectivity index (χ0n) is 10.3. The van der Waals surface area contributed by atoms with Gasteiger partial charge in [-0.05, 0) is 29.7 Å². The molecule has 1 heteroatoms. The first-order valence-corrected chi connectivity index (χ1v) is 6.30. The van der Waals surface area contributed by atoms with E-state index in [1.807, 2.05) is 6.20 Å². The van der Waals surface area contributed by atoms with Crippen LogP contribution in [0.1, 0.15) is 23.5 Å². The number of fused-ring (bicyclic) bond motifs is 1. The smallest absolute Gasteiger partial charge is 0.0456 e. The lowest BCUT2D eigenvalue weighted by Crippen LogP contribution is -1.99. The third kappa shape index (κ3) is 1.82. The minimum Gasteiger partial charge on any atom is -0.361 e. The number of rotatable bonds is 3. The summed E-state index contributed by atoms with van der Waals surface area (Å²) in [6, 6.07) is 19.2. The molecule has 0 bridgehead atoms. The molecule has 2 aromatic carbocycles. The summed E-state index contributed by atoms with van der Waals surface area (Å²) in [6.07, 6.45) is 2.87. The molecule has 18 heavy (non-hydrogen) atoms. The SMILES string of the molecule is [CH2]CC(c1ccccc1)c1cccc2[nH]ccc12. The Morgan fingerprint density at radius 3 is 2.56 bits per heavy atom. The van der Waals surface area contributed by atoms with Crippen LogP contribution in [0.25, 0.3) is 10.9 Å². The van der Waals surface area contributed by atoms with E-state index in [-0.39, 0.29) is 0 Å². The van der Waals surface area contributed by atoms with Crippen molar-refractivity contribution in [1.82, 2.24) is 4.98 Å². The zero-order valence-corrected chi connectivity index (χ0v) is 10.3. The largest absolute Gasteiger partial charge is 0.361 e. The first kappa shape index (κ1) is 11.1. The molecule has 1 nitrogen and oxygen atoms in total. The number of benzene rings is 2. The molecule has 1 radical (unpaired) electrons. The second kappa shape index (κ2) is 4.69. The molecule has 0 spiro atoms. The predicted molar refractivity (Wildman–Crippen MR) is 76.6 cm³/mol. The molecule has 1 N–H and O–H groups in total. The molecular weight excluding hydrogens is 218 g/mol. The summed E-state index contributed by atoms with van der Waals surface area (Å²) in [5.41, 5.74) is 3.89. The van der Waals surface area contributed by atoms with Crippen LogP contribution in [0.5, 0.6) is 0 Å². The highest BCUT2D eigenvalue weighted by Gasteiger charge is 2.14. The molecule has 0 aliphatic carbocycles. The van der Waals surface area contributed by atoms with Crippen LogP contribution >= 0.6 is 0 Å². The second-order valence-corrected chi connectivity index (χ2v) is 4.54. The summed E-state index contributed by atoms with van der Waals surface area (Å²) >= 11 is 0. The van der Waals surface area contributed by atoms with Crippen molar-refractivity contribution >= 4 is 10.9 Å². The summed E-state index contributed by atoms with van der Waals surface area (Å²) in [4.78, 5) is 3.27. The number of aromatic nitrogens is 1. The molecule has 1 heterocycles. The van der Waals surface area contributed by atoms with Gasteiger partial charge >= 0.3 is 0 Å². The van der Waals surface area contributed by atoms with Crippen LogP contribution in [-0.2, 0) is 0 Å². The van der Waals surface area contributed by atoms with E-state index in [0.29, 0.717) is 5.92 Å². The maximum absolute atomic E-state index is 4.12. The van der Waals surface area contributed by atoms with Crippen molar-refractivity contribution in [3.05, 3.63) is 78.8 Å². The van der Waals surface area contributed by atoms with E-state index < -0.39 is 0 Å². The van der Waals surface area contributed by atoms with E-state index >= 15 is 0 Å². The number of hydrogen-bond donors (Lipinski definition) is 1. The maximum Gasteiger partial charge on any atom is 0.0456 e. The molecular formula is C17H16N. The second-order valence-electron chi connectivity index (χ2n) is 4.54. The lowest BCUT2D eigenvalue weighted by molar-refractivity contribution is 0.835. The third-order valence-electron chi connectivity index (χ3n) is 3.49. The van der Waals surface area contributed by atoms with E-state index in [1.165, 1.54) is 22.0 Å². The van der Waals surface area contributed by atoms with Crippen molar-refractivity contribution in [2.75, 3.05) is 0 Å². The van der Waals surface area contributed by atoms with Gasteiger partial charge in [0.05, 0.1) is 0 Å². The van der Waals surface area contributed by atoms with Crippen molar-refractivity contribution < 1.29 is 0 Å². The van der Waals surface area contributed by atoms with E-state index in [0.717, 1.165) is 6.42 Å². The highest BCUT2D eigenvalue weighted by atomic mass is 14.7. The first-order chi connectivity index (χ1) is 8.90. The van der Waals surface area contributed by atoms with Gasteiger partial charge in [0, 0.05) is 23.0 Å². The van der Waals surface area contributed by atoms with Crippen LogP contribution in [0.3, 0.4) is 0 Å². The van der Waals surface area contributed by atoms with Crippen LogP contribution in [0.15, 0.2) is 60.8 Å². The van der Waals surface area contributed by atoms with Crippen LogP contribution in [0.2, 0.25) is 0 Å². The fourth-order valence-electron chi connectivity index (χ4n) is 2.60. The molecule has 1 unspecified atom stereocenters. The molecule has 0 aliphatic rings. The van der Waals surface area contributed by atoms with Gasteiger partial charge in [-0.25, -0.2) is 0 Å². The van der Waals surface area contributed by atoms with Crippen molar-refractivity contribution in [2.24, 2.45) is 0 Å². The highest BCUT2D eigenvalue weighted by Crippen LogP contribution is 2.32. The Kier molecular flexibility index (Phi) is 2.89. The minimum absolute atomic E-state index is 0.366. The van der Waals surface area contributed by atoms with Crippen LogP contribution in [-0.4, -0.2) is 4.98 Å². The summed E-state index contributed by atoms with van der Waals surface area (Å²) in [5.74, 6) is 0.366. The van der Waals surface area contributed by atoms with Gasteiger partial charge in [-0.1, -0.05) is 49.4 Å². The van der Waals surface area contributed by atoms with Crippen molar-refractivity contribution in [1.29, 1.82) is 0 Å². The average molecular weight is 234 g/mol. The molecule has 1 aromatic heterocycles. The van der Waals surface area contributed by atoms with Gasteiger partial charge in [0.15, 0.2) is 0 Å².